The van der Waals surface area contributed by atoms with E-state index in [1.54, 1.807) is 6.07 Å². The minimum atomic E-state index is -4.45. The monoisotopic (exact) mass is 591 g/mol. The number of benzene rings is 1. The van der Waals surface area contributed by atoms with Crippen LogP contribution in [0.1, 0.15) is 82.4 Å². The van der Waals surface area contributed by atoms with E-state index in [2.05, 4.69) is 15.6 Å². The van der Waals surface area contributed by atoms with Gasteiger partial charge >= 0.3 is 6.18 Å². The molecule has 1 amide bonds. The van der Waals surface area contributed by atoms with E-state index in [9.17, 15) is 18.0 Å². The van der Waals surface area contributed by atoms with E-state index in [0.717, 1.165) is 23.5 Å². The van der Waals surface area contributed by atoms with Crippen LogP contribution < -0.4 is 10.6 Å². The van der Waals surface area contributed by atoms with Gasteiger partial charge in [0.25, 0.3) is 0 Å². The minimum Gasteiger partial charge on any atom is -0.301 e. The number of nitrogens with zero attached hydrogens (tertiary/aromatic N) is 3. The van der Waals surface area contributed by atoms with Gasteiger partial charge < -0.3 is 5.32 Å². The number of aromatic nitrogens is 3. The molecule has 1 aliphatic heterocycles. The number of rotatable bonds is 4. The number of alkyl halides is 3. The van der Waals surface area contributed by atoms with Gasteiger partial charge in [0.2, 0.25) is 5.91 Å². The van der Waals surface area contributed by atoms with Crippen LogP contribution >= 0.6 is 36.2 Å². The summed E-state index contributed by atoms with van der Waals surface area (Å²) in [4.78, 5) is 17.7. The first-order valence-corrected chi connectivity index (χ1v) is 12.8. The van der Waals surface area contributed by atoms with Gasteiger partial charge in [-0.1, -0.05) is 32.9 Å². The molecule has 210 valence electrons. The molecule has 1 aromatic carbocycles. The first-order chi connectivity index (χ1) is 16.6. The molecule has 0 saturated carbocycles. The zero-order valence-electron chi connectivity index (χ0n) is 22.1. The fourth-order valence-electron chi connectivity index (χ4n) is 4.28. The Morgan fingerprint density at radius 1 is 1.11 bits per heavy atom. The zero-order chi connectivity index (χ0) is 26.5. The molecule has 2 aromatic heterocycles. The van der Waals surface area contributed by atoms with E-state index in [1.807, 2.05) is 63.9 Å². The van der Waals surface area contributed by atoms with E-state index in [0.29, 0.717) is 17.1 Å². The Hall–Kier alpha value is -2.14. The average Bonchev–Trinajstić information content (AvgIpc) is 3.51. The summed E-state index contributed by atoms with van der Waals surface area (Å²) in [7, 11) is 0. The van der Waals surface area contributed by atoms with E-state index < -0.39 is 23.8 Å². The average molecular weight is 593 g/mol. The number of anilines is 1. The summed E-state index contributed by atoms with van der Waals surface area (Å²) in [5, 5.41) is 13.3. The van der Waals surface area contributed by atoms with Gasteiger partial charge in [-0.15, -0.1) is 36.2 Å². The van der Waals surface area contributed by atoms with Gasteiger partial charge in [0, 0.05) is 29.0 Å². The van der Waals surface area contributed by atoms with Crippen molar-refractivity contribution in [2.24, 2.45) is 0 Å². The molecular weight excluding hydrogens is 558 g/mol. The Morgan fingerprint density at radius 2 is 1.79 bits per heavy atom. The highest BCUT2D eigenvalue weighted by atomic mass is 35.5. The Balaban J connectivity index is 0.00000253. The van der Waals surface area contributed by atoms with E-state index in [1.165, 1.54) is 17.4 Å². The molecule has 3 aromatic rings. The molecule has 0 aliphatic carbocycles. The fourth-order valence-corrected chi connectivity index (χ4v) is 5.22. The minimum absolute atomic E-state index is 0. The number of carbonyl (C=O) groups excluding carboxylic acids is 1. The molecule has 1 fully saturated rings. The van der Waals surface area contributed by atoms with Crippen molar-refractivity contribution in [3.05, 3.63) is 64.4 Å². The molecule has 0 radical (unpaired) electrons. The summed E-state index contributed by atoms with van der Waals surface area (Å²) in [6, 6.07) is 6.04. The third-order valence-corrected chi connectivity index (χ3v) is 7.10. The Morgan fingerprint density at radius 3 is 2.34 bits per heavy atom. The molecule has 0 spiro atoms. The van der Waals surface area contributed by atoms with Crippen molar-refractivity contribution in [2.45, 2.75) is 83.1 Å². The third kappa shape index (κ3) is 7.08. The predicted octanol–water partition coefficient (Wildman–Crippen LogP) is 7.08. The molecule has 1 saturated heterocycles. The summed E-state index contributed by atoms with van der Waals surface area (Å²) < 4.78 is 42.1. The summed E-state index contributed by atoms with van der Waals surface area (Å²) in [6.07, 6.45) is -2.19. The van der Waals surface area contributed by atoms with Gasteiger partial charge in [0.05, 0.1) is 28.5 Å². The molecule has 0 bridgehead atoms. The molecule has 2 N–H and O–H groups in total. The normalized spacial score (nSPS) is 20.0. The number of hydrogen-bond acceptors (Lipinski definition) is 5. The molecule has 1 aliphatic rings. The van der Waals surface area contributed by atoms with Crippen LogP contribution in [0.3, 0.4) is 0 Å². The lowest BCUT2D eigenvalue weighted by Crippen LogP contribution is -2.36. The largest absolute Gasteiger partial charge is 0.416 e. The van der Waals surface area contributed by atoms with Gasteiger partial charge in [0.15, 0.2) is 5.13 Å². The lowest BCUT2D eigenvalue weighted by molar-refractivity contribution is -0.137. The Labute approximate surface area is 237 Å². The number of amides is 1. The van der Waals surface area contributed by atoms with Crippen LogP contribution in [0.25, 0.3) is 0 Å². The molecule has 3 heterocycles. The van der Waals surface area contributed by atoms with E-state index in [-0.39, 0.29) is 47.6 Å². The highest BCUT2D eigenvalue weighted by Gasteiger charge is 2.41. The topological polar surface area (TPSA) is 71.8 Å². The molecule has 12 heteroatoms. The zero-order valence-corrected chi connectivity index (χ0v) is 24.5. The summed E-state index contributed by atoms with van der Waals surface area (Å²) >= 11 is 1.36. The van der Waals surface area contributed by atoms with Crippen molar-refractivity contribution in [3.8, 4) is 0 Å². The van der Waals surface area contributed by atoms with Gasteiger partial charge in [-0.05, 0) is 51.0 Å². The second-order valence-corrected chi connectivity index (χ2v) is 12.2. The Kier molecular flexibility index (Phi) is 9.74. The maximum Gasteiger partial charge on any atom is 0.416 e. The van der Waals surface area contributed by atoms with Crippen LogP contribution in [-0.2, 0) is 21.9 Å². The predicted molar refractivity (Wildman–Crippen MR) is 150 cm³/mol. The lowest BCUT2D eigenvalue weighted by Gasteiger charge is -2.21. The number of nitrogens with one attached hydrogen (secondary N) is 2. The second-order valence-electron chi connectivity index (χ2n) is 11.3. The molecule has 4 rings (SSSR count). The van der Waals surface area contributed by atoms with Crippen LogP contribution in [0.15, 0.2) is 41.9 Å². The number of hydrogen-bond donors (Lipinski definition) is 2. The quantitative estimate of drug-likeness (QED) is 0.340. The first kappa shape index (κ1) is 32.1. The Bertz CT molecular complexity index is 1250. The van der Waals surface area contributed by atoms with Crippen LogP contribution in [-0.4, -0.2) is 26.7 Å². The smallest absolute Gasteiger partial charge is 0.301 e. The van der Waals surface area contributed by atoms with Crippen molar-refractivity contribution < 1.29 is 18.0 Å². The summed E-state index contributed by atoms with van der Waals surface area (Å²) in [5.74, 6) is -0.547. The van der Waals surface area contributed by atoms with Crippen LogP contribution in [0, 0.1) is 0 Å². The van der Waals surface area contributed by atoms with Crippen molar-refractivity contribution in [1.29, 1.82) is 0 Å². The maximum absolute atomic E-state index is 13.4. The van der Waals surface area contributed by atoms with Gasteiger partial charge in [0.1, 0.15) is 0 Å². The number of halogens is 5. The second kappa shape index (κ2) is 11.5. The number of thiazole rings is 1. The van der Waals surface area contributed by atoms with Gasteiger partial charge in [-0.2, -0.15) is 18.3 Å². The van der Waals surface area contributed by atoms with Crippen molar-refractivity contribution in [2.75, 3.05) is 5.32 Å². The van der Waals surface area contributed by atoms with Gasteiger partial charge in [-0.25, -0.2) is 4.98 Å². The highest BCUT2D eigenvalue weighted by molar-refractivity contribution is 7.14. The SMILES string of the molecule is CC(C)(C)c1csc(NC(=O)[C@@H]2CC(c3ccn(C(C)(C)C)n3)[C@H](c3cccc(C(F)(F)F)c3)N2)n1.Cl.Cl. The van der Waals surface area contributed by atoms with Crippen LogP contribution in [0.5, 0.6) is 0 Å². The molecule has 6 nitrogen and oxygen atoms in total. The maximum atomic E-state index is 13.4. The standard InChI is InChI=1S/C26H32F3N5OS.2ClH/c1-24(2,3)20-14-36-23(31-20)32-22(35)19-13-17(18-10-11-34(33-18)25(4,5)6)21(30-19)15-8-7-9-16(12-15)26(27,28)29;;/h7-12,14,17,19,21,30H,13H2,1-6H3,(H,31,32,35);2*1H/t17?,19-,21-;;/m0../s1. The van der Waals surface area contributed by atoms with Crippen molar-refractivity contribution in [1.82, 2.24) is 20.1 Å². The fraction of sp³-hybridized carbons (Fsp3) is 0.500. The first-order valence-electron chi connectivity index (χ1n) is 11.9. The lowest BCUT2D eigenvalue weighted by atomic mass is 9.90. The molecular formula is C26H34Cl2F3N5OS. The van der Waals surface area contributed by atoms with Crippen LogP contribution in [0.4, 0.5) is 18.3 Å². The summed E-state index contributed by atoms with van der Waals surface area (Å²) in [5.41, 5.74) is 0.985. The van der Waals surface area contributed by atoms with E-state index >= 15 is 0 Å². The molecule has 1 unspecified atom stereocenters. The summed E-state index contributed by atoms with van der Waals surface area (Å²) in [6.45, 7) is 12.2. The van der Waals surface area contributed by atoms with Gasteiger partial charge in [-0.3, -0.25) is 14.8 Å². The number of carbonyl (C=O) groups is 1. The van der Waals surface area contributed by atoms with Crippen LogP contribution in [0.2, 0.25) is 0 Å². The van der Waals surface area contributed by atoms with E-state index in [4.69, 9.17) is 5.10 Å². The van der Waals surface area contributed by atoms with Crippen molar-refractivity contribution in [3.63, 3.8) is 0 Å². The van der Waals surface area contributed by atoms with Crippen molar-refractivity contribution >= 4 is 47.2 Å². The third-order valence-electron chi connectivity index (χ3n) is 6.34. The highest BCUT2D eigenvalue weighted by Crippen LogP contribution is 2.42. The molecule has 3 atom stereocenters. The molecule has 38 heavy (non-hydrogen) atoms.